The van der Waals surface area contributed by atoms with Gasteiger partial charge < -0.3 is 10.8 Å². The summed E-state index contributed by atoms with van der Waals surface area (Å²) in [6.45, 7) is 23.2. The zero-order valence-corrected chi connectivity index (χ0v) is 17.8. The van der Waals surface area contributed by atoms with Crippen LogP contribution < -0.4 is 5.73 Å². The van der Waals surface area contributed by atoms with E-state index in [1.807, 2.05) is 0 Å². The summed E-state index contributed by atoms with van der Waals surface area (Å²) >= 11 is 0. The van der Waals surface area contributed by atoms with Gasteiger partial charge in [-0.25, -0.2) is 0 Å². The van der Waals surface area contributed by atoms with E-state index in [9.17, 15) is 4.79 Å². The molecule has 0 aliphatic carbocycles. The van der Waals surface area contributed by atoms with Crippen LogP contribution in [0.3, 0.4) is 0 Å². The van der Waals surface area contributed by atoms with Gasteiger partial charge in [-0.1, -0.05) is 76.2 Å². The van der Waals surface area contributed by atoms with Crippen molar-refractivity contribution >= 4 is 5.91 Å². The molecule has 0 heterocycles. The molecule has 0 aromatic heterocycles. The van der Waals surface area contributed by atoms with Crippen LogP contribution in [0.5, 0.6) is 0 Å². The van der Waals surface area contributed by atoms with E-state index in [0.717, 1.165) is 18.3 Å². The summed E-state index contributed by atoms with van der Waals surface area (Å²) in [6, 6.07) is 0. The van der Waals surface area contributed by atoms with Crippen LogP contribution in [0.1, 0.15) is 89.0 Å². The number of hydrogen-bond acceptors (Lipinski definition) is 2. The average Bonchev–Trinajstić information content (AvgIpc) is 2.25. The van der Waals surface area contributed by atoms with Gasteiger partial charge in [-0.15, -0.1) is 0 Å². The van der Waals surface area contributed by atoms with Crippen LogP contribution in [0.2, 0.25) is 0 Å². The summed E-state index contributed by atoms with van der Waals surface area (Å²) < 4.78 is 0. The Morgan fingerprint density at radius 1 is 0.870 bits per heavy atom. The molecule has 0 radical (unpaired) electrons. The Morgan fingerprint density at radius 2 is 1.17 bits per heavy atom. The van der Waals surface area contributed by atoms with Gasteiger partial charge in [0, 0.05) is 12.0 Å². The van der Waals surface area contributed by atoms with E-state index in [1.165, 1.54) is 6.42 Å². The van der Waals surface area contributed by atoms with E-state index in [4.69, 9.17) is 10.8 Å². The highest BCUT2D eigenvalue weighted by atomic mass is 16.3. The molecule has 0 fully saturated rings. The summed E-state index contributed by atoms with van der Waals surface area (Å²) in [7, 11) is 0. The maximum Gasteiger partial charge on any atom is 0.222 e. The topological polar surface area (TPSA) is 63.3 Å². The molecule has 3 nitrogen and oxygen atoms in total. The van der Waals surface area contributed by atoms with E-state index >= 15 is 0 Å². The van der Waals surface area contributed by atoms with Crippen molar-refractivity contribution in [2.45, 2.75) is 89.0 Å². The zero-order chi connectivity index (χ0) is 19.4. The van der Waals surface area contributed by atoms with Crippen molar-refractivity contribution in [1.29, 1.82) is 0 Å². The van der Waals surface area contributed by atoms with Gasteiger partial charge in [0.2, 0.25) is 5.91 Å². The molecule has 0 aliphatic heterocycles. The maximum absolute atomic E-state index is 10.2. The van der Waals surface area contributed by atoms with Crippen molar-refractivity contribution in [1.82, 2.24) is 0 Å². The standard InChI is InChI=1S/C8H18O.C7H16.C5H11NO/c1-7(2)5-8(3,4)6-9;1-6(2)5-7(3)4;1-5(2,3)4(6)7/h7,9H,5-6H2,1-4H3;6-7H,5H2,1-4H3;1-3H3,(H2,6,7). The summed E-state index contributed by atoms with van der Waals surface area (Å²) in [5, 5.41) is 8.84. The number of rotatable bonds is 5. The van der Waals surface area contributed by atoms with Crippen molar-refractivity contribution in [2.24, 2.45) is 34.3 Å². The molecular formula is C20H45NO2. The van der Waals surface area contributed by atoms with E-state index in [0.29, 0.717) is 12.5 Å². The van der Waals surface area contributed by atoms with Crippen LogP contribution in [0.4, 0.5) is 0 Å². The Labute approximate surface area is 146 Å². The number of hydrogen-bond donors (Lipinski definition) is 2. The number of carbonyl (C=O) groups excluding carboxylic acids is 1. The van der Waals surface area contributed by atoms with Gasteiger partial charge in [-0.05, 0) is 36.0 Å². The van der Waals surface area contributed by atoms with Crippen molar-refractivity contribution in [2.75, 3.05) is 6.61 Å². The molecule has 0 unspecified atom stereocenters. The van der Waals surface area contributed by atoms with Gasteiger partial charge in [0.15, 0.2) is 0 Å². The molecule has 0 rings (SSSR count). The second-order valence-corrected chi connectivity index (χ2v) is 9.56. The third kappa shape index (κ3) is 26.6. The lowest BCUT2D eigenvalue weighted by molar-refractivity contribution is -0.125. The van der Waals surface area contributed by atoms with Crippen LogP contribution in [0.25, 0.3) is 0 Å². The molecule has 1 amide bonds. The largest absolute Gasteiger partial charge is 0.396 e. The number of primary amides is 1. The van der Waals surface area contributed by atoms with Crippen LogP contribution in [-0.4, -0.2) is 17.6 Å². The highest BCUT2D eigenvalue weighted by molar-refractivity contribution is 5.79. The fraction of sp³-hybridized carbons (Fsp3) is 0.950. The second kappa shape index (κ2) is 12.8. The fourth-order valence-corrected chi connectivity index (χ4v) is 2.11. The van der Waals surface area contributed by atoms with Crippen molar-refractivity contribution in [3.63, 3.8) is 0 Å². The van der Waals surface area contributed by atoms with Crippen LogP contribution in [0.15, 0.2) is 0 Å². The van der Waals surface area contributed by atoms with Gasteiger partial charge in [-0.2, -0.15) is 0 Å². The summed E-state index contributed by atoms with van der Waals surface area (Å²) in [6.07, 6.45) is 2.46. The van der Waals surface area contributed by atoms with E-state index in [2.05, 4.69) is 55.4 Å². The molecule has 0 aliphatic rings. The number of nitrogens with two attached hydrogens (primary N) is 1. The minimum atomic E-state index is -0.361. The van der Waals surface area contributed by atoms with Crippen LogP contribution in [-0.2, 0) is 4.79 Å². The molecule has 0 saturated carbocycles. The van der Waals surface area contributed by atoms with Crippen molar-refractivity contribution < 1.29 is 9.90 Å². The quantitative estimate of drug-likeness (QED) is 0.722. The molecule has 3 heteroatoms. The predicted molar refractivity (Wildman–Crippen MR) is 103 cm³/mol. The molecule has 0 spiro atoms. The van der Waals surface area contributed by atoms with Crippen molar-refractivity contribution in [3.05, 3.63) is 0 Å². The molecule has 3 N–H and O–H groups in total. The van der Waals surface area contributed by atoms with Gasteiger partial charge >= 0.3 is 0 Å². The Bertz CT molecular complexity index is 281. The third-order valence-corrected chi connectivity index (χ3v) is 3.07. The first-order chi connectivity index (χ1) is 10.0. The molecule has 0 bridgehead atoms. The first-order valence-electron chi connectivity index (χ1n) is 8.95. The van der Waals surface area contributed by atoms with Gasteiger partial charge in [0.05, 0.1) is 0 Å². The minimum Gasteiger partial charge on any atom is -0.396 e. The van der Waals surface area contributed by atoms with Crippen LogP contribution >= 0.6 is 0 Å². The van der Waals surface area contributed by atoms with Crippen molar-refractivity contribution in [3.8, 4) is 0 Å². The van der Waals surface area contributed by atoms with E-state index < -0.39 is 0 Å². The lowest BCUT2D eigenvalue weighted by Crippen LogP contribution is -2.27. The normalized spacial score (nSPS) is 11.8. The number of amides is 1. The average molecular weight is 332 g/mol. The number of aliphatic hydroxyl groups is 1. The third-order valence-electron chi connectivity index (χ3n) is 3.07. The Balaban J connectivity index is -0.000000264. The summed E-state index contributed by atoms with van der Waals surface area (Å²) in [5.74, 6) is 2.18. The minimum absolute atomic E-state index is 0.119. The Morgan fingerprint density at radius 3 is 1.22 bits per heavy atom. The first-order valence-corrected chi connectivity index (χ1v) is 8.95. The van der Waals surface area contributed by atoms with Gasteiger partial charge in [0.25, 0.3) is 0 Å². The first kappa shape index (κ1) is 27.3. The molecule has 0 saturated heterocycles. The highest BCUT2D eigenvalue weighted by Crippen LogP contribution is 2.23. The lowest BCUT2D eigenvalue weighted by atomic mass is 9.85. The van der Waals surface area contributed by atoms with Gasteiger partial charge in [0.1, 0.15) is 0 Å². The Kier molecular flexibility index (Phi) is 15.2. The van der Waals surface area contributed by atoms with E-state index in [1.54, 1.807) is 20.8 Å². The maximum atomic E-state index is 10.2. The second-order valence-electron chi connectivity index (χ2n) is 9.56. The molecule has 0 aromatic carbocycles. The highest BCUT2D eigenvalue weighted by Gasteiger charge is 2.17. The zero-order valence-electron chi connectivity index (χ0n) is 17.8. The smallest absolute Gasteiger partial charge is 0.222 e. The molecular weight excluding hydrogens is 286 g/mol. The predicted octanol–water partition coefficient (Wildman–Crippen LogP) is 5.26. The molecule has 0 aromatic rings. The van der Waals surface area contributed by atoms with Gasteiger partial charge in [-0.3, -0.25) is 4.79 Å². The number of aliphatic hydroxyl groups excluding tert-OH is 1. The molecule has 142 valence electrons. The lowest BCUT2D eigenvalue weighted by Gasteiger charge is -2.23. The van der Waals surface area contributed by atoms with E-state index in [-0.39, 0.29) is 16.7 Å². The molecule has 0 atom stereocenters. The monoisotopic (exact) mass is 331 g/mol. The summed E-state index contributed by atoms with van der Waals surface area (Å²) in [4.78, 5) is 10.2. The molecule has 23 heavy (non-hydrogen) atoms. The summed E-state index contributed by atoms with van der Waals surface area (Å²) in [5.41, 5.74) is 4.69. The fourth-order valence-electron chi connectivity index (χ4n) is 2.11. The number of carbonyl (C=O) groups is 1. The Hall–Kier alpha value is -0.570. The van der Waals surface area contributed by atoms with Crippen LogP contribution in [0, 0.1) is 28.6 Å². The SMILES string of the molecule is CC(C)(C)C(N)=O.CC(C)CC(C)(C)CO.CC(C)CC(C)C.